The Hall–Kier alpha value is -2.16. The van der Waals surface area contributed by atoms with E-state index in [1.54, 1.807) is 0 Å². The van der Waals surface area contributed by atoms with Gasteiger partial charge < -0.3 is 27.0 Å². The van der Waals surface area contributed by atoms with E-state index < -0.39 is 30.4 Å². The van der Waals surface area contributed by atoms with E-state index in [0.29, 0.717) is 13.0 Å². The van der Waals surface area contributed by atoms with E-state index in [0.717, 1.165) is 0 Å². The lowest BCUT2D eigenvalue weighted by molar-refractivity contribution is -0.162. The molecular formula is C10H18N4O5. The highest BCUT2D eigenvalue weighted by Gasteiger charge is 2.18. The van der Waals surface area contributed by atoms with Crippen LogP contribution in [0.25, 0.3) is 0 Å². The predicted molar refractivity (Wildman–Crippen MR) is 65.9 cm³/mol. The van der Waals surface area contributed by atoms with Gasteiger partial charge in [0, 0.05) is 6.54 Å². The van der Waals surface area contributed by atoms with Crippen molar-refractivity contribution < 1.29 is 24.2 Å². The molecule has 0 bridgehead atoms. The van der Waals surface area contributed by atoms with Crippen LogP contribution in [-0.2, 0) is 19.1 Å². The van der Waals surface area contributed by atoms with Crippen LogP contribution in [0.5, 0.6) is 0 Å². The fraction of sp³-hybridized carbons (Fsp3) is 0.600. The molecule has 9 nitrogen and oxygen atoms in total. The average molecular weight is 274 g/mol. The summed E-state index contributed by atoms with van der Waals surface area (Å²) in [5.74, 6) is -3.00. The van der Waals surface area contributed by atoms with Crippen LogP contribution in [0, 0.1) is 0 Å². The summed E-state index contributed by atoms with van der Waals surface area (Å²) in [4.78, 5) is 36.3. The van der Waals surface area contributed by atoms with Crippen LogP contribution in [0.4, 0.5) is 0 Å². The number of aliphatic imine (C=N–C) groups is 1. The zero-order chi connectivity index (χ0) is 14.8. The number of nitrogens with two attached hydrogens (primary N) is 3. The molecule has 0 aromatic heterocycles. The molecule has 9 heteroatoms. The first-order valence-corrected chi connectivity index (χ1v) is 5.60. The first kappa shape index (κ1) is 16.8. The van der Waals surface area contributed by atoms with Crippen LogP contribution in [0.2, 0.25) is 0 Å². The van der Waals surface area contributed by atoms with Crippen LogP contribution in [-0.4, -0.2) is 41.6 Å². The monoisotopic (exact) mass is 274 g/mol. The van der Waals surface area contributed by atoms with E-state index in [1.807, 2.05) is 0 Å². The second-order valence-corrected chi connectivity index (χ2v) is 3.74. The summed E-state index contributed by atoms with van der Waals surface area (Å²) in [5.41, 5.74) is 15.7. The fourth-order valence-corrected chi connectivity index (χ4v) is 1.09. The van der Waals surface area contributed by atoms with Crippen LogP contribution >= 0.6 is 0 Å². The van der Waals surface area contributed by atoms with Crippen LogP contribution in [0.15, 0.2) is 4.99 Å². The molecule has 0 saturated carbocycles. The number of nitrogens with zero attached hydrogens (tertiary/aromatic N) is 1. The summed E-state index contributed by atoms with van der Waals surface area (Å²) in [5, 5.41) is 8.34. The van der Waals surface area contributed by atoms with Gasteiger partial charge in [0.05, 0.1) is 12.8 Å². The molecule has 0 aliphatic heterocycles. The van der Waals surface area contributed by atoms with Gasteiger partial charge in [-0.3, -0.25) is 14.6 Å². The van der Waals surface area contributed by atoms with Crippen molar-refractivity contribution in [3.05, 3.63) is 0 Å². The summed E-state index contributed by atoms with van der Waals surface area (Å²) < 4.78 is 4.39. The average Bonchev–Trinajstić information content (AvgIpc) is 2.31. The van der Waals surface area contributed by atoms with Gasteiger partial charge in [0.2, 0.25) is 0 Å². The van der Waals surface area contributed by atoms with Gasteiger partial charge in [-0.2, -0.15) is 0 Å². The molecule has 0 radical (unpaired) electrons. The SMILES string of the molecule is NC(N)=NCCC[C@H](N)C(=O)OC(=O)CCC(=O)O. The van der Waals surface area contributed by atoms with Crippen LogP contribution < -0.4 is 17.2 Å². The summed E-state index contributed by atoms with van der Waals surface area (Å²) in [6, 6.07) is -0.969. The maximum Gasteiger partial charge on any atom is 0.330 e. The molecule has 0 unspecified atom stereocenters. The normalized spacial score (nSPS) is 11.4. The topological polar surface area (TPSA) is 171 Å². The van der Waals surface area contributed by atoms with Gasteiger partial charge in [0.15, 0.2) is 5.96 Å². The van der Waals surface area contributed by atoms with Crippen molar-refractivity contribution in [2.75, 3.05) is 6.54 Å². The number of esters is 2. The van der Waals surface area contributed by atoms with E-state index in [4.69, 9.17) is 22.3 Å². The molecule has 19 heavy (non-hydrogen) atoms. The van der Waals surface area contributed by atoms with Gasteiger partial charge in [0.1, 0.15) is 6.04 Å². The number of carboxylic acid groups (broad SMARTS) is 1. The predicted octanol–water partition coefficient (Wildman–Crippen LogP) is -1.70. The van der Waals surface area contributed by atoms with Crippen LogP contribution in [0.1, 0.15) is 25.7 Å². The molecule has 0 heterocycles. The molecule has 0 spiro atoms. The zero-order valence-corrected chi connectivity index (χ0v) is 10.4. The Kier molecular flexibility index (Phi) is 7.85. The number of rotatable bonds is 8. The molecule has 7 N–H and O–H groups in total. The van der Waals surface area contributed by atoms with Crippen molar-refractivity contribution in [2.45, 2.75) is 31.7 Å². The molecule has 0 aromatic carbocycles. The summed E-state index contributed by atoms with van der Waals surface area (Å²) in [6.45, 7) is 0.316. The van der Waals surface area contributed by atoms with E-state index in [9.17, 15) is 14.4 Å². The third-order valence-corrected chi connectivity index (χ3v) is 2.03. The summed E-state index contributed by atoms with van der Waals surface area (Å²) in [6.07, 6.45) is -0.0626. The third kappa shape index (κ3) is 9.53. The lowest BCUT2D eigenvalue weighted by atomic mass is 10.2. The Balaban J connectivity index is 3.89. The van der Waals surface area contributed by atoms with E-state index in [1.165, 1.54) is 0 Å². The van der Waals surface area contributed by atoms with E-state index in [2.05, 4.69) is 9.73 Å². The number of carbonyl (C=O) groups is 3. The van der Waals surface area contributed by atoms with E-state index >= 15 is 0 Å². The van der Waals surface area contributed by atoms with E-state index in [-0.39, 0.29) is 18.8 Å². The Labute approximate surface area is 109 Å². The Morgan fingerprint density at radius 1 is 1.21 bits per heavy atom. The van der Waals surface area contributed by atoms with Crippen molar-refractivity contribution in [2.24, 2.45) is 22.2 Å². The number of guanidine groups is 1. The van der Waals surface area contributed by atoms with Gasteiger partial charge in [-0.1, -0.05) is 0 Å². The highest BCUT2D eigenvalue weighted by atomic mass is 16.6. The maximum atomic E-state index is 11.3. The molecule has 1 atom stereocenters. The molecule has 0 fully saturated rings. The standard InChI is InChI=1S/C10H18N4O5/c11-6(2-1-5-14-10(12)13)9(18)19-8(17)4-3-7(15)16/h6H,1-5,11H2,(H,15,16)(H4,12,13,14)/t6-/m0/s1. The second-order valence-electron chi connectivity index (χ2n) is 3.74. The van der Waals surface area contributed by atoms with Gasteiger partial charge in [-0.15, -0.1) is 0 Å². The molecule has 108 valence electrons. The maximum absolute atomic E-state index is 11.3. The Bertz CT molecular complexity index is 365. The molecule has 0 aliphatic carbocycles. The number of carbonyl (C=O) groups excluding carboxylic acids is 2. The van der Waals surface area contributed by atoms with Crippen molar-refractivity contribution in [1.82, 2.24) is 0 Å². The third-order valence-electron chi connectivity index (χ3n) is 2.03. The molecule has 0 amide bonds. The van der Waals surface area contributed by atoms with Gasteiger partial charge in [0.25, 0.3) is 0 Å². The number of aliphatic carboxylic acids is 1. The Morgan fingerprint density at radius 2 is 1.84 bits per heavy atom. The minimum absolute atomic E-state index is 0.0556. The number of ether oxygens (including phenoxy) is 1. The van der Waals surface area contributed by atoms with Gasteiger partial charge >= 0.3 is 17.9 Å². The zero-order valence-electron chi connectivity index (χ0n) is 10.4. The first-order valence-electron chi connectivity index (χ1n) is 5.60. The van der Waals surface area contributed by atoms with Crippen LogP contribution in [0.3, 0.4) is 0 Å². The summed E-state index contributed by atoms with van der Waals surface area (Å²) >= 11 is 0. The highest BCUT2D eigenvalue weighted by Crippen LogP contribution is 2.00. The lowest BCUT2D eigenvalue weighted by Crippen LogP contribution is -2.34. The van der Waals surface area contributed by atoms with Crippen molar-refractivity contribution in [3.8, 4) is 0 Å². The van der Waals surface area contributed by atoms with Crippen molar-refractivity contribution in [1.29, 1.82) is 0 Å². The second kappa shape index (κ2) is 8.86. The molecule has 0 rings (SSSR count). The van der Waals surface area contributed by atoms with Crippen molar-refractivity contribution >= 4 is 23.9 Å². The molecule has 0 saturated heterocycles. The molecule has 0 aromatic rings. The minimum atomic E-state index is -1.15. The fourth-order valence-electron chi connectivity index (χ4n) is 1.09. The van der Waals surface area contributed by atoms with Gasteiger partial charge in [-0.05, 0) is 12.8 Å². The number of hydrogen-bond acceptors (Lipinski definition) is 6. The molecule has 0 aliphatic rings. The number of carboxylic acids is 1. The number of hydrogen-bond donors (Lipinski definition) is 4. The lowest BCUT2D eigenvalue weighted by Gasteiger charge is -2.09. The Morgan fingerprint density at radius 3 is 2.37 bits per heavy atom. The van der Waals surface area contributed by atoms with Gasteiger partial charge in [-0.25, -0.2) is 4.79 Å². The quantitative estimate of drug-likeness (QED) is 0.133. The largest absolute Gasteiger partial charge is 0.481 e. The highest BCUT2D eigenvalue weighted by molar-refractivity contribution is 5.89. The minimum Gasteiger partial charge on any atom is -0.481 e. The van der Waals surface area contributed by atoms with Crippen molar-refractivity contribution in [3.63, 3.8) is 0 Å². The molecular weight excluding hydrogens is 256 g/mol. The first-order chi connectivity index (χ1) is 8.82. The summed E-state index contributed by atoms with van der Waals surface area (Å²) in [7, 11) is 0. The smallest absolute Gasteiger partial charge is 0.330 e.